The van der Waals surface area contributed by atoms with E-state index in [-0.39, 0.29) is 11.0 Å². The summed E-state index contributed by atoms with van der Waals surface area (Å²) >= 11 is 0. The van der Waals surface area contributed by atoms with Crippen LogP contribution in [0.5, 0.6) is 0 Å². The zero-order valence-electron chi connectivity index (χ0n) is 20.6. The highest BCUT2D eigenvalue weighted by molar-refractivity contribution is 7.89. The van der Waals surface area contributed by atoms with Gasteiger partial charge in [0.2, 0.25) is 16.0 Å². The van der Waals surface area contributed by atoms with Gasteiger partial charge in [-0.3, -0.25) is 0 Å². The van der Waals surface area contributed by atoms with Crippen LogP contribution in [0.3, 0.4) is 0 Å². The SMILES string of the molecule is CCCCNc1ncc2c(-c3ccc(S(=O)(=O)NC)cc3)nn(CCC[C@H]3CC[C@H](O)CC3)c2n1. The van der Waals surface area contributed by atoms with Crippen LogP contribution in [-0.4, -0.2) is 53.0 Å². The van der Waals surface area contributed by atoms with Crippen molar-refractivity contribution < 1.29 is 13.5 Å². The number of nitrogens with one attached hydrogen (secondary N) is 2. The number of unbranched alkanes of at least 4 members (excludes halogenated alkanes) is 1. The molecule has 0 aliphatic heterocycles. The summed E-state index contributed by atoms with van der Waals surface area (Å²) in [6.45, 7) is 3.71. The maximum Gasteiger partial charge on any atom is 0.240 e. The van der Waals surface area contributed by atoms with Crippen molar-refractivity contribution in [3.63, 3.8) is 0 Å². The van der Waals surface area contributed by atoms with Gasteiger partial charge in [0, 0.05) is 24.8 Å². The second kappa shape index (κ2) is 11.5. The molecular weight excluding hydrogens is 464 g/mol. The van der Waals surface area contributed by atoms with E-state index in [0.29, 0.717) is 11.9 Å². The maximum absolute atomic E-state index is 12.1. The standard InChI is InChI=1S/C25H36N6O3S/c1-3-4-15-27-25-28-17-22-23(19-9-13-21(14-10-19)35(33,34)26-2)30-31(24(22)29-25)16-5-6-18-7-11-20(32)12-8-18/h9-10,13-14,17-18,20,26,32H,3-8,11-12,15-16H2,1-2H3,(H,27,28,29)/t18-,20-. The molecular formula is C25H36N6O3S. The molecule has 3 aromatic rings. The van der Waals surface area contributed by atoms with Crippen LogP contribution in [0.4, 0.5) is 5.95 Å². The zero-order valence-corrected chi connectivity index (χ0v) is 21.4. The Morgan fingerprint density at radius 2 is 1.86 bits per heavy atom. The number of anilines is 1. The van der Waals surface area contributed by atoms with Crippen molar-refractivity contribution in [2.24, 2.45) is 5.92 Å². The lowest BCUT2D eigenvalue weighted by atomic mass is 9.85. The first-order valence-corrected chi connectivity index (χ1v) is 14.1. The summed E-state index contributed by atoms with van der Waals surface area (Å²) in [5, 5.41) is 18.8. The molecule has 10 heteroatoms. The largest absolute Gasteiger partial charge is 0.393 e. The average Bonchev–Trinajstić information content (AvgIpc) is 3.23. The highest BCUT2D eigenvalue weighted by atomic mass is 32.2. The zero-order chi connectivity index (χ0) is 24.8. The Bertz CT molecular complexity index is 1220. The Labute approximate surface area is 207 Å². The predicted octanol–water partition coefficient (Wildman–Crippen LogP) is 3.94. The van der Waals surface area contributed by atoms with Gasteiger partial charge in [-0.1, -0.05) is 25.5 Å². The number of hydrogen-bond donors (Lipinski definition) is 3. The van der Waals surface area contributed by atoms with Crippen LogP contribution in [0.25, 0.3) is 22.3 Å². The maximum atomic E-state index is 12.1. The van der Waals surface area contributed by atoms with E-state index in [1.807, 2.05) is 4.68 Å². The van der Waals surface area contributed by atoms with Gasteiger partial charge in [0.1, 0.15) is 5.69 Å². The minimum absolute atomic E-state index is 0.131. The fourth-order valence-electron chi connectivity index (χ4n) is 4.66. The molecule has 1 aliphatic rings. The number of rotatable bonds is 11. The summed E-state index contributed by atoms with van der Waals surface area (Å²) in [7, 11) is -2.10. The number of benzene rings is 1. The van der Waals surface area contributed by atoms with Crippen LogP contribution < -0.4 is 10.0 Å². The van der Waals surface area contributed by atoms with Gasteiger partial charge in [-0.15, -0.1) is 0 Å². The van der Waals surface area contributed by atoms with Crippen LogP contribution in [0, 0.1) is 5.92 Å². The molecule has 0 radical (unpaired) electrons. The quantitative estimate of drug-likeness (QED) is 0.341. The molecule has 0 saturated heterocycles. The van der Waals surface area contributed by atoms with Gasteiger partial charge in [0.25, 0.3) is 0 Å². The molecule has 0 spiro atoms. The van der Waals surface area contributed by atoms with Crippen molar-refractivity contribution in [1.29, 1.82) is 0 Å². The fraction of sp³-hybridized carbons (Fsp3) is 0.560. The third kappa shape index (κ3) is 6.17. The molecule has 0 bridgehead atoms. The monoisotopic (exact) mass is 500 g/mol. The van der Waals surface area contributed by atoms with Gasteiger partial charge in [-0.05, 0) is 70.0 Å². The second-order valence-electron chi connectivity index (χ2n) is 9.33. The lowest BCUT2D eigenvalue weighted by Gasteiger charge is -2.25. The van der Waals surface area contributed by atoms with Gasteiger partial charge >= 0.3 is 0 Å². The van der Waals surface area contributed by atoms with Gasteiger partial charge in [-0.25, -0.2) is 22.8 Å². The van der Waals surface area contributed by atoms with Crippen LogP contribution >= 0.6 is 0 Å². The Morgan fingerprint density at radius 3 is 2.54 bits per heavy atom. The van der Waals surface area contributed by atoms with E-state index in [2.05, 4.69) is 21.9 Å². The van der Waals surface area contributed by atoms with Gasteiger partial charge < -0.3 is 10.4 Å². The molecule has 1 fully saturated rings. The number of fused-ring (bicyclic) bond motifs is 1. The minimum Gasteiger partial charge on any atom is -0.393 e. The van der Waals surface area contributed by atoms with E-state index in [9.17, 15) is 13.5 Å². The smallest absolute Gasteiger partial charge is 0.240 e. The van der Waals surface area contributed by atoms with Gasteiger partial charge in [0.15, 0.2) is 5.65 Å². The normalized spacial score (nSPS) is 18.7. The molecule has 1 saturated carbocycles. The first kappa shape index (κ1) is 25.5. The molecule has 0 atom stereocenters. The number of aryl methyl sites for hydroxylation is 1. The third-order valence-corrected chi connectivity index (χ3v) is 8.24. The predicted molar refractivity (Wildman–Crippen MR) is 138 cm³/mol. The average molecular weight is 501 g/mol. The highest BCUT2D eigenvalue weighted by Gasteiger charge is 2.20. The van der Waals surface area contributed by atoms with Crippen LogP contribution in [0.2, 0.25) is 0 Å². The number of aromatic nitrogens is 4. The molecule has 0 unspecified atom stereocenters. The van der Waals surface area contributed by atoms with Gasteiger partial charge in [-0.2, -0.15) is 10.1 Å². The van der Waals surface area contributed by atoms with Crippen LogP contribution in [0.15, 0.2) is 35.4 Å². The van der Waals surface area contributed by atoms with E-state index >= 15 is 0 Å². The molecule has 1 aromatic carbocycles. The summed E-state index contributed by atoms with van der Waals surface area (Å²) in [5.41, 5.74) is 2.34. The van der Waals surface area contributed by atoms with Gasteiger partial charge in [0.05, 0.1) is 16.4 Å². The van der Waals surface area contributed by atoms with E-state index in [1.54, 1.807) is 30.5 Å². The van der Waals surface area contributed by atoms with Crippen LogP contribution in [-0.2, 0) is 16.6 Å². The highest BCUT2D eigenvalue weighted by Crippen LogP contribution is 2.30. The van der Waals surface area contributed by atoms with Crippen molar-refractivity contribution in [3.8, 4) is 11.3 Å². The summed E-state index contributed by atoms with van der Waals surface area (Å²) in [5.74, 6) is 1.25. The van der Waals surface area contributed by atoms with Crippen LogP contribution in [0.1, 0.15) is 58.3 Å². The Morgan fingerprint density at radius 1 is 1.11 bits per heavy atom. The number of sulfonamides is 1. The first-order chi connectivity index (χ1) is 16.9. The van der Waals surface area contributed by atoms with Crippen molar-refractivity contribution in [2.75, 3.05) is 18.9 Å². The van der Waals surface area contributed by atoms with E-state index < -0.39 is 10.0 Å². The first-order valence-electron chi connectivity index (χ1n) is 12.6. The lowest BCUT2D eigenvalue weighted by Crippen LogP contribution is -2.18. The number of hydrogen-bond acceptors (Lipinski definition) is 7. The topological polar surface area (TPSA) is 122 Å². The lowest BCUT2D eigenvalue weighted by molar-refractivity contribution is 0.105. The molecule has 2 heterocycles. The summed E-state index contributed by atoms with van der Waals surface area (Å²) in [6, 6.07) is 6.73. The summed E-state index contributed by atoms with van der Waals surface area (Å²) in [6.07, 6.45) is 9.87. The fourth-order valence-corrected chi connectivity index (χ4v) is 5.39. The number of aliphatic hydroxyl groups is 1. The third-order valence-electron chi connectivity index (χ3n) is 6.81. The van der Waals surface area contributed by atoms with Crippen molar-refractivity contribution >= 4 is 27.0 Å². The van der Waals surface area contributed by atoms with E-state index in [4.69, 9.17) is 10.1 Å². The van der Waals surface area contributed by atoms with E-state index in [1.165, 1.54) is 7.05 Å². The Hall–Kier alpha value is -2.56. The molecule has 1 aliphatic carbocycles. The molecule has 190 valence electrons. The van der Waals surface area contributed by atoms with E-state index in [0.717, 1.165) is 86.7 Å². The van der Waals surface area contributed by atoms with Crippen molar-refractivity contribution in [2.45, 2.75) is 75.8 Å². The summed E-state index contributed by atoms with van der Waals surface area (Å²) in [4.78, 5) is 9.49. The summed E-state index contributed by atoms with van der Waals surface area (Å²) < 4.78 is 28.5. The second-order valence-corrected chi connectivity index (χ2v) is 11.2. The molecule has 35 heavy (non-hydrogen) atoms. The Balaban J connectivity index is 1.59. The molecule has 0 amide bonds. The number of aliphatic hydroxyl groups excluding tert-OH is 1. The minimum atomic E-state index is -3.50. The molecule has 4 rings (SSSR count). The molecule has 2 aromatic heterocycles. The Kier molecular flexibility index (Phi) is 8.35. The van der Waals surface area contributed by atoms with Crippen molar-refractivity contribution in [1.82, 2.24) is 24.5 Å². The number of nitrogens with zero attached hydrogens (tertiary/aromatic N) is 4. The molecule has 9 nitrogen and oxygen atoms in total. The molecule has 3 N–H and O–H groups in total. The van der Waals surface area contributed by atoms with Crippen molar-refractivity contribution in [3.05, 3.63) is 30.5 Å².